The van der Waals surface area contributed by atoms with Crippen LogP contribution in [0.2, 0.25) is 0 Å². The summed E-state index contributed by atoms with van der Waals surface area (Å²) in [7, 11) is 1.71. The van der Waals surface area contributed by atoms with E-state index in [1.54, 1.807) is 24.1 Å². The number of carbonyl (C=O) groups is 1. The number of nitrogens with zero attached hydrogens (tertiary/aromatic N) is 2. The van der Waals surface area contributed by atoms with Crippen LogP contribution in [-0.2, 0) is 6.54 Å². The zero-order chi connectivity index (χ0) is 13.1. The molecule has 0 aliphatic rings. The molecular weight excluding hydrogens is 239 g/mol. The minimum absolute atomic E-state index is 0.143. The fraction of sp³-hybridized carbons (Fsp3) is 0.167. The molecule has 0 amide bonds. The van der Waals surface area contributed by atoms with Crippen LogP contribution < -0.4 is 4.90 Å². The number of benzene rings is 1. The van der Waals surface area contributed by atoms with Crippen molar-refractivity contribution in [3.8, 4) is 0 Å². The number of hydrogen-bond acceptors (Lipinski definition) is 4. The first kappa shape index (κ1) is 12.1. The lowest BCUT2D eigenvalue weighted by Gasteiger charge is -2.14. The third kappa shape index (κ3) is 2.65. The first-order chi connectivity index (χ1) is 8.56. The Morgan fingerprint density at radius 3 is 2.67 bits per heavy atom. The number of aromatic carboxylic acids is 1. The number of carboxylic acid groups (broad SMARTS) is 1. The van der Waals surface area contributed by atoms with E-state index < -0.39 is 5.97 Å². The molecule has 0 saturated heterocycles. The second-order valence-electron chi connectivity index (χ2n) is 3.80. The van der Waals surface area contributed by atoms with Gasteiger partial charge in [0.1, 0.15) is 12.1 Å². The van der Waals surface area contributed by atoms with Crippen LogP contribution in [0.25, 0.3) is 0 Å². The summed E-state index contributed by atoms with van der Waals surface area (Å²) in [5, 5.41) is 8.72. The topological polar surface area (TPSA) is 66.6 Å². The molecule has 18 heavy (non-hydrogen) atoms. The average molecular weight is 250 g/mol. The van der Waals surface area contributed by atoms with Crippen LogP contribution >= 0.6 is 0 Å². The normalized spacial score (nSPS) is 10.3. The summed E-state index contributed by atoms with van der Waals surface area (Å²) in [5.74, 6) is -1.44. The predicted octanol–water partition coefficient (Wildman–Crippen LogP) is 2.15. The molecule has 0 radical (unpaired) electrons. The van der Waals surface area contributed by atoms with Crippen molar-refractivity contribution in [2.45, 2.75) is 6.54 Å². The van der Waals surface area contributed by atoms with Crippen LogP contribution in [0.1, 0.15) is 16.1 Å². The van der Waals surface area contributed by atoms with Crippen molar-refractivity contribution in [1.29, 1.82) is 0 Å². The highest BCUT2D eigenvalue weighted by atomic mass is 19.1. The summed E-state index contributed by atoms with van der Waals surface area (Å²) in [5.41, 5.74) is 0.727. The number of halogens is 1. The molecule has 2 aromatic rings. The van der Waals surface area contributed by atoms with E-state index in [0.717, 1.165) is 11.8 Å². The van der Waals surface area contributed by atoms with Gasteiger partial charge in [-0.25, -0.2) is 9.18 Å². The second kappa shape index (κ2) is 4.87. The Bertz CT molecular complexity index is 551. The largest absolute Gasteiger partial charge is 0.476 e. The van der Waals surface area contributed by atoms with E-state index in [4.69, 9.17) is 9.52 Å². The van der Waals surface area contributed by atoms with Gasteiger partial charge in [-0.3, -0.25) is 0 Å². The number of carboxylic acids is 1. The van der Waals surface area contributed by atoms with Gasteiger partial charge >= 0.3 is 5.97 Å². The molecule has 0 atom stereocenters. The molecule has 0 aliphatic carbocycles. The van der Waals surface area contributed by atoms with Gasteiger partial charge in [-0.05, 0) is 17.7 Å². The Morgan fingerprint density at radius 2 is 2.11 bits per heavy atom. The van der Waals surface area contributed by atoms with Gasteiger partial charge in [0.25, 0.3) is 6.01 Å². The maximum Gasteiger partial charge on any atom is 0.357 e. The van der Waals surface area contributed by atoms with Crippen molar-refractivity contribution in [3.63, 3.8) is 0 Å². The number of hydrogen-bond donors (Lipinski definition) is 1. The van der Waals surface area contributed by atoms with Crippen molar-refractivity contribution in [2.24, 2.45) is 0 Å². The summed E-state index contributed by atoms with van der Waals surface area (Å²) in [6, 6.07) is 6.22. The third-order valence-corrected chi connectivity index (χ3v) is 2.37. The van der Waals surface area contributed by atoms with Crippen LogP contribution in [0.5, 0.6) is 0 Å². The molecule has 1 aromatic carbocycles. The highest BCUT2D eigenvalue weighted by Crippen LogP contribution is 2.15. The van der Waals surface area contributed by atoms with Crippen molar-refractivity contribution < 1.29 is 18.7 Å². The van der Waals surface area contributed by atoms with Crippen LogP contribution in [0.15, 0.2) is 34.9 Å². The number of oxazole rings is 1. The Balaban J connectivity index is 2.09. The fourth-order valence-corrected chi connectivity index (χ4v) is 1.47. The molecule has 0 aliphatic heterocycles. The average Bonchev–Trinajstić information content (AvgIpc) is 2.81. The summed E-state index contributed by atoms with van der Waals surface area (Å²) in [4.78, 5) is 16.1. The smallest absolute Gasteiger partial charge is 0.357 e. The Labute approximate surface area is 102 Å². The minimum atomic E-state index is -1.14. The second-order valence-corrected chi connectivity index (χ2v) is 3.80. The quantitative estimate of drug-likeness (QED) is 0.900. The molecule has 5 nitrogen and oxygen atoms in total. The van der Waals surface area contributed by atoms with E-state index in [2.05, 4.69) is 4.98 Å². The molecule has 0 spiro atoms. The maximum atomic E-state index is 12.7. The molecule has 1 heterocycles. The third-order valence-electron chi connectivity index (χ3n) is 2.37. The zero-order valence-electron chi connectivity index (χ0n) is 9.63. The molecular formula is C12H11FN2O3. The van der Waals surface area contributed by atoms with Gasteiger partial charge < -0.3 is 14.4 Å². The molecule has 0 bridgehead atoms. The van der Waals surface area contributed by atoms with Crippen LogP contribution in [-0.4, -0.2) is 23.1 Å². The number of rotatable bonds is 4. The summed E-state index contributed by atoms with van der Waals surface area (Å²) in [6.45, 7) is 0.444. The van der Waals surface area contributed by atoms with Gasteiger partial charge in [0.05, 0.1) is 0 Å². The van der Waals surface area contributed by atoms with Crippen molar-refractivity contribution in [3.05, 3.63) is 47.6 Å². The van der Waals surface area contributed by atoms with Gasteiger partial charge in [-0.1, -0.05) is 12.1 Å². The lowest BCUT2D eigenvalue weighted by atomic mass is 10.2. The van der Waals surface area contributed by atoms with E-state index in [1.165, 1.54) is 12.1 Å². The first-order valence-corrected chi connectivity index (χ1v) is 5.20. The summed E-state index contributed by atoms with van der Waals surface area (Å²) in [6.07, 6.45) is 1.08. The lowest BCUT2D eigenvalue weighted by molar-refractivity contribution is 0.0690. The lowest BCUT2D eigenvalue weighted by Crippen LogP contribution is -2.16. The maximum absolute atomic E-state index is 12.7. The monoisotopic (exact) mass is 250 g/mol. The van der Waals surface area contributed by atoms with Gasteiger partial charge in [-0.2, -0.15) is 4.98 Å². The van der Waals surface area contributed by atoms with E-state index in [1.807, 2.05) is 0 Å². The van der Waals surface area contributed by atoms with E-state index in [9.17, 15) is 9.18 Å². The van der Waals surface area contributed by atoms with Crippen molar-refractivity contribution >= 4 is 12.0 Å². The SMILES string of the molecule is CN(Cc1ccc(F)cc1)c1nc(C(=O)O)co1. The number of anilines is 1. The van der Waals surface area contributed by atoms with E-state index >= 15 is 0 Å². The molecule has 2 rings (SSSR count). The first-order valence-electron chi connectivity index (χ1n) is 5.20. The molecule has 1 aromatic heterocycles. The van der Waals surface area contributed by atoms with E-state index in [0.29, 0.717) is 6.54 Å². The predicted molar refractivity (Wildman–Crippen MR) is 62.0 cm³/mol. The minimum Gasteiger partial charge on any atom is -0.476 e. The molecule has 94 valence electrons. The Morgan fingerprint density at radius 1 is 1.44 bits per heavy atom. The van der Waals surface area contributed by atoms with Gasteiger partial charge in [0.2, 0.25) is 0 Å². The Hall–Kier alpha value is -2.37. The van der Waals surface area contributed by atoms with Gasteiger partial charge in [0, 0.05) is 13.6 Å². The molecule has 0 unspecified atom stereocenters. The fourth-order valence-electron chi connectivity index (χ4n) is 1.47. The molecule has 6 heteroatoms. The van der Waals surface area contributed by atoms with E-state index in [-0.39, 0.29) is 17.5 Å². The molecule has 1 N–H and O–H groups in total. The molecule has 0 saturated carbocycles. The van der Waals surface area contributed by atoms with Gasteiger partial charge in [0.15, 0.2) is 5.69 Å². The van der Waals surface area contributed by atoms with Crippen LogP contribution in [0.4, 0.5) is 10.4 Å². The standard InChI is InChI=1S/C12H11FN2O3/c1-15(6-8-2-4-9(13)5-3-8)12-14-10(7-18-12)11(16)17/h2-5,7H,6H2,1H3,(H,16,17). The van der Waals surface area contributed by atoms with Crippen molar-refractivity contribution in [1.82, 2.24) is 4.98 Å². The highest BCUT2D eigenvalue weighted by molar-refractivity contribution is 5.85. The summed E-state index contributed by atoms with van der Waals surface area (Å²) >= 11 is 0. The van der Waals surface area contributed by atoms with Crippen LogP contribution in [0.3, 0.4) is 0 Å². The zero-order valence-corrected chi connectivity index (χ0v) is 9.63. The number of aromatic nitrogens is 1. The van der Waals surface area contributed by atoms with Gasteiger partial charge in [-0.15, -0.1) is 0 Å². The molecule has 0 fully saturated rings. The van der Waals surface area contributed by atoms with Crippen molar-refractivity contribution in [2.75, 3.05) is 11.9 Å². The van der Waals surface area contributed by atoms with Crippen LogP contribution in [0, 0.1) is 5.82 Å². The highest BCUT2D eigenvalue weighted by Gasteiger charge is 2.13. The Kier molecular flexibility index (Phi) is 3.27. The summed E-state index contributed by atoms with van der Waals surface area (Å²) < 4.78 is 17.8.